The summed E-state index contributed by atoms with van der Waals surface area (Å²) in [6.07, 6.45) is -5.77. The third-order valence-corrected chi connectivity index (χ3v) is 6.44. The minimum Gasteiger partial charge on any atom is -0.459 e. The highest BCUT2D eigenvalue weighted by molar-refractivity contribution is 5.91. The highest BCUT2D eigenvalue weighted by Crippen LogP contribution is 2.34. The summed E-state index contributed by atoms with van der Waals surface area (Å²) in [5, 5.41) is 0. The number of carbonyl (C=O) groups excluding carboxylic acids is 3. The number of aromatic nitrogens is 1. The number of aryl methyl sites for hydroxylation is 1. The monoisotopic (exact) mass is 571 g/mol. The normalized spacial score (nSPS) is 19.5. The smallest absolute Gasteiger partial charge is 0.424 e. The summed E-state index contributed by atoms with van der Waals surface area (Å²) in [6, 6.07) is 25.2. The Morgan fingerprint density at radius 1 is 0.714 bits per heavy atom. The molecular weight excluding hydrogens is 546 g/mol. The average molecular weight is 572 g/mol. The Morgan fingerprint density at radius 3 is 1.69 bits per heavy atom. The molecule has 1 fully saturated rings. The molecule has 2 heterocycles. The summed E-state index contributed by atoms with van der Waals surface area (Å²) >= 11 is 0. The molecule has 42 heavy (non-hydrogen) atoms. The highest BCUT2D eigenvalue weighted by Gasteiger charge is 2.52. The summed E-state index contributed by atoms with van der Waals surface area (Å²) in [7, 11) is 0. The van der Waals surface area contributed by atoms with Crippen LogP contribution in [0.25, 0.3) is 0 Å². The number of hydrogen-bond donors (Lipinski definition) is 0. The number of rotatable bonds is 8. The Labute approximate surface area is 238 Å². The molecule has 214 valence electrons. The SMILES string of the molecule is Cc1cc(=O)n([C@@H]2O[C@H](COC(=O)c3ccccc3)[C@@H](OC(=O)c3ccccc3)[C@H]2OC(=O)c2ccccc2)c(=O)o1. The maximum Gasteiger partial charge on any atom is 0.424 e. The fraction of sp³-hybridized carbons (Fsp3) is 0.194. The van der Waals surface area contributed by atoms with Gasteiger partial charge in [-0.05, 0) is 43.3 Å². The second kappa shape index (κ2) is 12.5. The van der Waals surface area contributed by atoms with Crippen molar-refractivity contribution >= 4 is 17.9 Å². The molecule has 0 bridgehead atoms. The van der Waals surface area contributed by atoms with Gasteiger partial charge in [-0.1, -0.05) is 54.6 Å². The van der Waals surface area contributed by atoms with Crippen molar-refractivity contribution in [3.05, 3.63) is 140 Å². The molecule has 0 aliphatic carbocycles. The standard InChI is InChI=1S/C31H25NO10/c1-19-17-24(33)32(31(37)39-19)27-26(42-30(36)22-15-9-4-10-16-22)25(41-29(35)21-13-7-3-8-14-21)23(40-27)18-38-28(34)20-11-5-2-6-12-20/h2-17,23,25-27H,18H2,1H3/t23-,25-,26-,27-/m1/s1. The van der Waals surface area contributed by atoms with Crippen LogP contribution in [-0.2, 0) is 18.9 Å². The Kier molecular flexibility index (Phi) is 8.39. The van der Waals surface area contributed by atoms with Crippen molar-refractivity contribution in [2.75, 3.05) is 6.61 Å². The van der Waals surface area contributed by atoms with Crippen LogP contribution < -0.4 is 11.3 Å². The van der Waals surface area contributed by atoms with Crippen molar-refractivity contribution in [3.63, 3.8) is 0 Å². The summed E-state index contributed by atoms with van der Waals surface area (Å²) < 4.78 is 28.7. The first kappa shape index (κ1) is 28.2. The number of hydrogen-bond acceptors (Lipinski definition) is 10. The van der Waals surface area contributed by atoms with E-state index in [9.17, 15) is 24.0 Å². The van der Waals surface area contributed by atoms with Crippen LogP contribution in [0.1, 0.15) is 43.1 Å². The minimum atomic E-state index is -1.59. The lowest BCUT2D eigenvalue weighted by Gasteiger charge is -2.24. The first-order chi connectivity index (χ1) is 20.3. The zero-order valence-electron chi connectivity index (χ0n) is 22.3. The number of carbonyl (C=O) groups is 3. The number of nitrogens with zero attached hydrogens (tertiary/aromatic N) is 1. The van der Waals surface area contributed by atoms with Gasteiger partial charge < -0.3 is 23.4 Å². The molecule has 0 unspecified atom stereocenters. The van der Waals surface area contributed by atoms with Crippen molar-refractivity contribution in [2.45, 2.75) is 31.5 Å². The zero-order chi connectivity index (χ0) is 29.6. The van der Waals surface area contributed by atoms with Crippen molar-refractivity contribution in [3.8, 4) is 0 Å². The van der Waals surface area contributed by atoms with Crippen LogP contribution in [-0.4, -0.2) is 47.4 Å². The van der Waals surface area contributed by atoms with Crippen molar-refractivity contribution in [1.29, 1.82) is 0 Å². The number of benzene rings is 3. The zero-order valence-corrected chi connectivity index (χ0v) is 22.3. The van der Waals surface area contributed by atoms with Crippen LogP contribution in [0.4, 0.5) is 0 Å². The Balaban J connectivity index is 1.52. The topological polar surface area (TPSA) is 140 Å². The van der Waals surface area contributed by atoms with Gasteiger partial charge in [0.15, 0.2) is 18.4 Å². The third-order valence-electron chi connectivity index (χ3n) is 6.44. The van der Waals surface area contributed by atoms with E-state index in [1.54, 1.807) is 66.7 Å². The molecular formula is C31H25NO10. The van der Waals surface area contributed by atoms with Crippen LogP contribution in [0.15, 0.2) is 111 Å². The first-order valence-corrected chi connectivity index (χ1v) is 12.9. The molecule has 11 nitrogen and oxygen atoms in total. The first-order valence-electron chi connectivity index (χ1n) is 12.9. The van der Waals surface area contributed by atoms with E-state index in [4.69, 9.17) is 23.4 Å². The van der Waals surface area contributed by atoms with Crippen LogP contribution >= 0.6 is 0 Å². The highest BCUT2D eigenvalue weighted by atomic mass is 16.7. The van der Waals surface area contributed by atoms with E-state index >= 15 is 0 Å². The van der Waals surface area contributed by atoms with E-state index < -0.39 is 60.4 Å². The van der Waals surface area contributed by atoms with Gasteiger partial charge in [0, 0.05) is 6.07 Å². The fourth-order valence-corrected chi connectivity index (χ4v) is 4.44. The van der Waals surface area contributed by atoms with Gasteiger partial charge in [-0.2, -0.15) is 0 Å². The van der Waals surface area contributed by atoms with Gasteiger partial charge in [0.25, 0.3) is 5.56 Å². The molecule has 0 spiro atoms. The summed E-state index contributed by atoms with van der Waals surface area (Å²) in [5.41, 5.74) is -0.204. The fourth-order valence-electron chi connectivity index (χ4n) is 4.44. The van der Waals surface area contributed by atoms with Crippen molar-refractivity contribution in [1.82, 2.24) is 4.57 Å². The minimum absolute atomic E-state index is 0.0532. The molecule has 4 atom stereocenters. The average Bonchev–Trinajstić information content (AvgIpc) is 3.32. The van der Waals surface area contributed by atoms with Crippen LogP contribution in [0.2, 0.25) is 0 Å². The lowest BCUT2D eigenvalue weighted by Crippen LogP contribution is -2.44. The van der Waals surface area contributed by atoms with E-state index in [0.717, 1.165) is 6.07 Å². The maximum atomic E-state index is 13.2. The summed E-state index contributed by atoms with van der Waals surface area (Å²) in [4.78, 5) is 64.8. The van der Waals surface area contributed by atoms with E-state index in [2.05, 4.69) is 0 Å². The molecule has 1 aromatic heterocycles. The second-order valence-electron chi connectivity index (χ2n) is 9.33. The molecule has 11 heteroatoms. The molecule has 4 aromatic rings. The van der Waals surface area contributed by atoms with Crippen LogP contribution in [0.5, 0.6) is 0 Å². The largest absolute Gasteiger partial charge is 0.459 e. The quantitative estimate of drug-likeness (QED) is 0.228. The van der Waals surface area contributed by atoms with Gasteiger partial charge in [-0.3, -0.25) is 4.79 Å². The van der Waals surface area contributed by atoms with Gasteiger partial charge in [0.2, 0.25) is 0 Å². The number of ether oxygens (including phenoxy) is 4. The molecule has 3 aromatic carbocycles. The van der Waals surface area contributed by atoms with Crippen molar-refractivity contribution in [2.24, 2.45) is 0 Å². The summed E-state index contributed by atoms with van der Waals surface area (Å²) in [5.74, 6) is -3.35. The van der Waals surface area contributed by atoms with Gasteiger partial charge in [-0.25, -0.2) is 23.7 Å². The lowest BCUT2D eigenvalue weighted by molar-refractivity contribution is -0.0677. The molecule has 1 saturated heterocycles. The van der Waals surface area contributed by atoms with Crippen molar-refractivity contribution < 1.29 is 37.7 Å². The molecule has 0 amide bonds. The Bertz CT molecular complexity index is 1650. The van der Waals surface area contributed by atoms with Gasteiger partial charge in [0.05, 0.1) is 16.7 Å². The Hall–Kier alpha value is -5.29. The van der Waals surface area contributed by atoms with Gasteiger partial charge in [0.1, 0.15) is 18.5 Å². The molecule has 0 radical (unpaired) electrons. The third kappa shape index (κ3) is 6.21. The Morgan fingerprint density at radius 2 is 1.19 bits per heavy atom. The molecule has 1 aliphatic heterocycles. The molecule has 1 aliphatic rings. The molecule has 0 N–H and O–H groups in total. The van der Waals surface area contributed by atoms with E-state index in [-0.39, 0.29) is 22.5 Å². The maximum absolute atomic E-state index is 13.2. The second-order valence-corrected chi connectivity index (χ2v) is 9.33. The van der Waals surface area contributed by atoms with E-state index in [1.165, 1.54) is 31.2 Å². The van der Waals surface area contributed by atoms with E-state index in [1.807, 2.05) is 0 Å². The molecule has 0 saturated carbocycles. The van der Waals surface area contributed by atoms with Crippen LogP contribution in [0, 0.1) is 6.92 Å². The van der Waals surface area contributed by atoms with Crippen LogP contribution in [0.3, 0.4) is 0 Å². The lowest BCUT2D eigenvalue weighted by atomic mass is 10.1. The van der Waals surface area contributed by atoms with Gasteiger partial charge >= 0.3 is 23.7 Å². The molecule has 5 rings (SSSR count). The summed E-state index contributed by atoms with van der Waals surface area (Å²) in [6.45, 7) is 0.953. The predicted octanol–water partition coefficient (Wildman–Crippen LogP) is 3.32. The van der Waals surface area contributed by atoms with Gasteiger partial charge in [-0.15, -0.1) is 0 Å². The predicted molar refractivity (Wildman–Crippen MR) is 146 cm³/mol. The number of esters is 3. The van der Waals surface area contributed by atoms with E-state index in [0.29, 0.717) is 4.57 Å².